The first-order valence-corrected chi connectivity index (χ1v) is 10.0. The van der Waals surface area contributed by atoms with Crippen LogP contribution in [0.15, 0.2) is 47.4 Å². The third-order valence-electron chi connectivity index (χ3n) is 4.68. The van der Waals surface area contributed by atoms with Gasteiger partial charge in [-0.05, 0) is 30.7 Å². The highest BCUT2D eigenvalue weighted by atomic mass is 32.2. The summed E-state index contributed by atoms with van der Waals surface area (Å²) in [6.07, 6.45) is 1.08. The Balaban J connectivity index is 1.64. The van der Waals surface area contributed by atoms with Gasteiger partial charge in [-0.3, -0.25) is 4.79 Å². The lowest BCUT2D eigenvalue weighted by Crippen LogP contribution is -2.42. The molecule has 1 N–H and O–H groups in total. The van der Waals surface area contributed by atoms with Gasteiger partial charge in [0.25, 0.3) is 0 Å². The molecule has 3 rings (SSSR count). The summed E-state index contributed by atoms with van der Waals surface area (Å²) < 4.78 is 10.6. The van der Waals surface area contributed by atoms with Gasteiger partial charge >= 0.3 is 0 Å². The van der Waals surface area contributed by atoms with Crippen molar-refractivity contribution in [2.45, 2.75) is 30.0 Å². The number of hydrogen-bond donors (Lipinski definition) is 1. The van der Waals surface area contributed by atoms with Crippen molar-refractivity contribution in [3.05, 3.63) is 48.0 Å². The van der Waals surface area contributed by atoms with Crippen molar-refractivity contribution in [2.24, 2.45) is 0 Å². The second-order valence-electron chi connectivity index (χ2n) is 6.45. The lowest BCUT2D eigenvalue weighted by atomic mass is 10.2. The fourth-order valence-corrected chi connectivity index (χ4v) is 4.42. The van der Waals surface area contributed by atoms with E-state index in [2.05, 4.69) is 35.3 Å². The molecule has 0 saturated heterocycles. The molecule has 0 bridgehead atoms. The number of fused-ring (bicyclic) bond motifs is 1. The summed E-state index contributed by atoms with van der Waals surface area (Å²) in [4.78, 5) is 16.0. The van der Waals surface area contributed by atoms with Crippen LogP contribution in [0.5, 0.6) is 11.5 Å². The number of amides is 1. The quantitative estimate of drug-likeness (QED) is 0.786. The monoisotopic (exact) mass is 386 g/mol. The normalized spacial score (nSPS) is 15.8. The Morgan fingerprint density at radius 2 is 2.04 bits per heavy atom. The summed E-state index contributed by atoms with van der Waals surface area (Å²) in [5.41, 5.74) is 2.07. The zero-order valence-corrected chi connectivity index (χ0v) is 16.8. The van der Waals surface area contributed by atoms with E-state index in [4.69, 9.17) is 9.47 Å². The summed E-state index contributed by atoms with van der Waals surface area (Å²) in [7, 11) is 3.24. The number of nitrogens with one attached hydrogen (secondary N) is 1. The van der Waals surface area contributed by atoms with Crippen LogP contribution >= 0.6 is 11.8 Å². The largest absolute Gasteiger partial charge is 0.497 e. The van der Waals surface area contributed by atoms with E-state index in [0.29, 0.717) is 24.1 Å². The first-order valence-electron chi connectivity index (χ1n) is 9.12. The van der Waals surface area contributed by atoms with E-state index in [0.717, 1.165) is 30.0 Å². The second-order valence-corrected chi connectivity index (χ2v) is 7.79. The number of rotatable bonds is 7. The molecule has 0 spiro atoms. The van der Waals surface area contributed by atoms with Gasteiger partial charge in [-0.1, -0.05) is 19.1 Å². The smallest absolute Gasteiger partial charge is 0.239 e. The molecule has 0 radical (unpaired) electrons. The second kappa shape index (κ2) is 9.04. The van der Waals surface area contributed by atoms with Gasteiger partial charge in [-0.15, -0.1) is 11.8 Å². The Bertz CT molecular complexity index is 797. The molecule has 0 saturated carbocycles. The summed E-state index contributed by atoms with van der Waals surface area (Å²) in [5, 5.41) is 3.52. The molecular weight excluding hydrogens is 360 g/mol. The highest BCUT2D eigenvalue weighted by Gasteiger charge is 2.25. The van der Waals surface area contributed by atoms with Crippen LogP contribution in [-0.2, 0) is 11.3 Å². The molecular formula is C21H26N2O3S. The number of nitrogens with zero attached hydrogens (tertiary/aromatic N) is 1. The van der Waals surface area contributed by atoms with Gasteiger partial charge < -0.3 is 19.7 Å². The van der Waals surface area contributed by atoms with Crippen LogP contribution in [0.3, 0.4) is 0 Å². The maximum Gasteiger partial charge on any atom is 0.239 e. The Morgan fingerprint density at radius 3 is 2.78 bits per heavy atom. The minimum absolute atomic E-state index is 0.00410. The number of carbonyl (C=O) groups is 1. The molecule has 27 heavy (non-hydrogen) atoms. The van der Waals surface area contributed by atoms with E-state index < -0.39 is 0 Å². The summed E-state index contributed by atoms with van der Waals surface area (Å²) in [6.45, 7) is 3.86. The minimum atomic E-state index is 0.00410. The van der Waals surface area contributed by atoms with Crippen molar-refractivity contribution in [3.63, 3.8) is 0 Å². The van der Waals surface area contributed by atoms with Crippen molar-refractivity contribution < 1.29 is 14.3 Å². The molecule has 5 nitrogen and oxygen atoms in total. The zero-order valence-electron chi connectivity index (χ0n) is 16.0. The van der Waals surface area contributed by atoms with Crippen LogP contribution in [0.4, 0.5) is 5.69 Å². The molecule has 6 heteroatoms. The first kappa shape index (κ1) is 19.4. The van der Waals surface area contributed by atoms with Crippen LogP contribution in [0.2, 0.25) is 0 Å². The molecule has 1 heterocycles. The topological polar surface area (TPSA) is 50.8 Å². The Morgan fingerprint density at radius 1 is 1.22 bits per heavy atom. The zero-order chi connectivity index (χ0) is 19.2. The van der Waals surface area contributed by atoms with Crippen LogP contribution in [-0.4, -0.2) is 38.5 Å². The van der Waals surface area contributed by atoms with Gasteiger partial charge in [-0.25, -0.2) is 0 Å². The summed E-state index contributed by atoms with van der Waals surface area (Å²) in [6, 6.07) is 13.9. The van der Waals surface area contributed by atoms with Gasteiger partial charge in [-0.2, -0.15) is 0 Å². The van der Waals surface area contributed by atoms with Crippen molar-refractivity contribution in [3.8, 4) is 11.5 Å². The highest BCUT2D eigenvalue weighted by molar-refractivity contribution is 8.00. The predicted octanol–water partition coefficient (Wildman–Crippen LogP) is 3.71. The fourth-order valence-electron chi connectivity index (χ4n) is 3.16. The standard InChI is InChI=1S/C21H26N2O3S/c1-4-17-13-23(18-7-5-6-8-20(18)27-17)14-21(24)22-12-15-9-10-16(25-2)11-19(15)26-3/h5-11,17H,4,12-14H2,1-3H3,(H,22,24)/t17-/m0/s1. The molecule has 2 aromatic carbocycles. The average molecular weight is 387 g/mol. The van der Waals surface area contributed by atoms with Crippen LogP contribution in [0.25, 0.3) is 0 Å². The predicted molar refractivity (Wildman–Crippen MR) is 110 cm³/mol. The molecule has 1 aliphatic heterocycles. The molecule has 2 aromatic rings. The number of thioether (sulfide) groups is 1. The fraction of sp³-hybridized carbons (Fsp3) is 0.381. The van der Waals surface area contributed by atoms with E-state index >= 15 is 0 Å². The molecule has 1 aliphatic rings. The average Bonchev–Trinajstić information content (AvgIpc) is 2.71. The summed E-state index contributed by atoms with van der Waals surface area (Å²) >= 11 is 1.90. The highest BCUT2D eigenvalue weighted by Crippen LogP contribution is 2.39. The molecule has 0 aromatic heterocycles. The number of benzene rings is 2. The Hall–Kier alpha value is -2.34. The molecule has 144 valence electrons. The molecule has 1 amide bonds. The SMILES string of the molecule is CC[C@H]1CN(CC(=O)NCc2ccc(OC)cc2OC)c2ccccc2S1. The third-order valence-corrected chi connectivity index (χ3v) is 6.10. The van der Waals surface area contributed by atoms with E-state index in [-0.39, 0.29) is 5.91 Å². The van der Waals surface area contributed by atoms with Gasteiger partial charge in [0.05, 0.1) is 26.5 Å². The molecule has 1 atom stereocenters. The Kier molecular flexibility index (Phi) is 6.50. The number of hydrogen-bond acceptors (Lipinski definition) is 5. The maximum absolute atomic E-state index is 12.6. The number of carbonyl (C=O) groups excluding carboxylic acids is 1. The van der Waals surface area contributed by atoms with Gasteiger partial charge in [0.1, 0.15) is 11.5 Å². The van der Waals surface area contributed by atoms with Crippen LogP contribution in [0, 0.1) is 0 Å². The molecule has 0 aliphatic carbocycles. The lowest BCUT2D eigenvalue weighted by molar-refractivity contribution is -0.119. The third kappa shape index (κ3) is 4.69. The number of para-hydroxylation sites is 1. The van der Waals surface area contributed by atoms with Crippen LogP contribution in [0.1, 0.15) is 18.9 Å². The number of ether oxygens (including phenoxy) is 2. The molecule has 0 unspecified atom stereocenters. The number of anilines is 1. The van der Waals surface area contributed by atoms with Crippen molar-refractivity contribution in [1.82, 2.24) is 5.32 Å². The lowest BCUT2D eigenvalue weighted by Gasteiger charge is -2.34. The summed E-state index contributed by atoms with van der Waals surface area (Å²) in [5.74, 6) is 1.44. The van der Waals surface area contributed by atoms with E-state index in [1.165, 1.54) is 4.90 Å². The molecule has 0 fully saturated rings. The first-order chi connectivity index (χ1) is 13.1. The van der Waals surface area contributed by atoms with E-state index in [9.17, 15) is 4.79 Å². The van der Waals surface area contributed by atoms with E-state index in [1.807, 2.05) is 36.0 Å². The van der Waals surface area contributed by atoms with E-state index in [1.54, 1.807) is 14.2 Å². The van der Waals surface area contributed by atoms with Crippen molar-refractivity contribution in [1.29, 1.82) is 0 Å². The van der Waals surface area contributed by atoms with Gasteiger partial charge in [0, 0.05) is 34.9 Å². The van der Waals surface area contributed by atoms with Gasteiger partial charge in [0.2, 0.25) is 5.91 Å². The number of methoxy groups -OCH3 is 2. The van der Waals surface area contributed by atoms with Gasteiger partial charge in [0.15, 0.2) is 0 Å². The minimum Gasteiger partial charge on any atom is -0.497 e. The van der Waals surface area contributed by atoms with Crippen LogP contribution < -0.4 is 19.7 Å². The Labute approximate surface area is 165 Å². The van der Waals surface area contributed by atoms with Crippen molar-refractivity contribution >= 4 is 23.4 Å². The maximum atomic E-state index is 12.6. The van der Waals surface area contributed by atoms with Crippen molar-refractivity contribution in [2.75, 3.05) is 32.2 Å².